The number of anilines is 2. The molecule has 0 fully saturated rings. The number of benzene rings is 4. The van der Waals surface area contributed by atoms with Gasteiger partial charge < -0.3 is 10.2 Å². The Bertz CT molecular complexity index is 1230. The number of nitrogens with zero attached hydrogens (tertiary/aromatic N) is 1. The highest BCUT2D eigenvalue weighted by Crippen LogP contribution is 2.56. The smallest absolute Gasteiger partial charge is 0.142 e. The SMILES string of the molecule is C1=C(c2ccccc2)N2c3ccccc3N[C@]2(c2ccccc2)C[C@H]1c1ccccc1. The molecule has 150 valence electrons. The Balaban J connectivity index is 1.62. The molecule has 2 aliphatic rings. The number of fused-ring (bicyclic) bond motifs is 3. The summed E-state index contributed by atoms with van der Waals surface area (Å²) in [4.78, 5) is 2.52. The van der Waals surface area contributed by atoms with Crippen molar-refractivity contribution in [2.45, 2.75) is 18.0 Å². The molecule has 2 heterocycles. The third kappa shape index (κ3) is 2.87. The van der Waals surface area contributed by atoms with Crippen molar-refractivity contribution in [3.63, 3.8) is 0 Å². The molecule has 1 N–H and O–H groups in total. The second-order valence-electron chi connectivity index (χ2n) is 8.34. The molecule has 6 rings (SSSR count). The van der Waals surface area contributed by atoms with Crippen LogP contribution in [0.1, 0.15) is 29.0 Å². The van der Waals surface area contributed by atoms with E-state index in [1.165, 1.54) is 33.8 Å². The lowest BCUT2D eigenvalue weighted by Gasteiger charge is -2.47. The van der Waals surface area contributed by atoms with Crippen LogP contribution in [0.2, 0.25) is 0 Å². The summed E-state index contributed by atoms with van der Waals surface area (Å²) < 4.78 is 0. The minimum absolute atomic E-state index is 0.301. The summed E-state index contributed by atoms with van der Waals surface area (Å²) in [6.07, 6.45) is 3.40. The van der Waals surface area contributed by atoms with Crippen LogP contribution >= 0.6 is 0 Å². The average molecular weight is 401 g/mol. The monoisotopic (exact) mass is 400 g/mol. The van der Waals surface area contributed by atoms with Crippen LogP contribution in [0, 0.1) is 0 Å². The van der Waals surface area contributed by atoms with Gasteiger partial charge in [-0.1, -0.05) is 109 Å². The van der Waals surface area contributed by atoms with Gasteiger partial charge in [-0.2, -0.15) is 0 Å². The Labute approximate surface area is 183 Å². The van der Waals surface area contributed by atoms with Gasteiger partial charge in [-0.3, -0.25) is 0 Å². The quantitative estimate of drug-likeness (QED) is 0.398. The minimum Gasteiger partial charge on any atom is -0.357 e. The fourth-order valence-electron chi connectivity index (χ4n) is 5.16. The van der Waals surface area contributed by atoms with E-state index in [2.05, 4.69) is 132 Å². The molecular weight excluding hydrogens is 376 g/mol. The maximum atomic E-state index is 3.95. The van der Waals surface area contributed by atoms with Crippen LogP contribution in [-0.2, 0) is 5.66 Å². The predicted octanol–water partition coefficient (Wildman–Crippen LogP) is 7.00. The normalized spacial score (nSPS) is 21.6. The first-order valence-electron chi connectivity index (χ1n) is 10.9. The van der Waals surface area contributed by atoms with Crippen LogP contribution in [0.25, 0.3) is 5.70 Å². The zero-order chi connectivity index (χ0) is 20.7. The van der Waals surface area contributed by atoms with E-state index in [-0.39, 0.29) is 5.66 Å². The molecule has 0 aromatic heterocycles. The van der Waals surface area contributed by atoms with Gasteiger partial charge >= 0.3 is 0 Å². The molecule has 0 bridgehead atoms. The molecule has 4 aromatic rings. The molecule has 0 unspecified atom stereocenters. The maximum Gasteiger partial charge on any atom is 0.142 e. The number of hydrogen-bond donors (Lipinski definition) is 1. The number of para-hydroxylation sites is 2. The summed E-state index contributed by atoms with van der Waals surface area (Å²) in [6.45, 7) is 0. The van der Waals surface area contributed by atoms with Crippen molar-refractivity contribution in [3.05, 3.63) is 138 Å². The van der Waals surface area contributed by atoms with Gasteiger partial charge in [0, 0.05) is 18.0 Å². The second-order valence-corrected chi connectivity index (χ2v) is 8.34. The van der Waals surface area contributed by atoms with Crippen molar-refractivity contribution >= 4 is 17.1 Å². The Morgan fingerprint density at radius 2 is 1.29 bits per heavy atom. The largest absolute Gasteiger partial charge is 0.357 e. The van der Waals surface area contributed by atoms with Crippen molar-refractivity contribution in [2.75, 3.05) is 10.2 Å². The lowest BCUT2D eigenvalue weighted by atomic mass is 9.79. The first-order chi connectivity index (χ1) is 15.4. The van der Waals surface area contributed by atoms with E-state index in [9.17, 15) is 0 Å². The van der Waals surface area contributed by atoms with Crippen molar-refractivity contribution in [1.82, 2.24) is 0 Å². The summed E-state index contributed by atoms with van der Waals surface area (Å²) in [5.74, 6) is 0.301. The van der Waals surface area contributed by atoms with Crippen LogP contribution in [0.3, 0.4) is 0 Å². The molecule has 4 aromatic carbocycles. The average Bonchev–Trinajstić information content (AvgIpc) is 3.21. The van der Waals surface area contributed by atoms with Gasteiger partial charge in [-0.25, -0.2) is 0 Å². The van der Waals surface area contributed by atoms with E-state index >= 15 is 0 Å². The predicted molar refractivity (Wildman–Crippen MR) is 129 cm³/mol. The highest BCUT2D eigenvalue weighted by atomic mass is 15.4. The van der Waals surface area contributed by atoms with Crippen LogP contribution in [0.4, 0.5) is 11.4 Å². The van der Waals surface area contributed by atoms with E-state index in [1.807, 2.05) is 0 Å². The Morgan fingerprint density at radius 3 is 2.03 bits per heavy atom. The van der Waals surface area contributed by atoms with Crippen LogP contribution in [0.5, 0.6) is 0 Å². The van der Waals surface area contributed by atoms with Gasteiger partial charge in [0.25, 0.3) is 0 Å². The molecule has 0 amide bonds. The second kappa shape index (κ2) is 7.17. The molecule has 31 heavy (non-hydrogen) atoms. The lowest BCUT2D eigenvalue weighted by Crippen LogP contribution is -2.50. The van der Waals surface area contributed by atoms with Crippen molar-refractivity contribution in [1.29, 1.82) is 0 Å². The fraction of sp³-hybridized carbons (Fsp3) is 0.103. The molecule has 0 radical (unpaired) electrons. The summed E-state index contributed by atoms with van der Waals surface area (Å²) >= 11 is 0. The van der Waals surface area contributed by atoms with E-state index in [0.717, 1.165) is 6.42 Å². The Hall–Kier alpha value is -3.78. The molecule has 0 aliphatic carbocycles. The lowest BCUT2D eigenvalue weighted by molar-refractivity contribution is 0.438. The van der Waals surface area contributed by atoms with Crippen LogP contribution in [-0.4, -0.2) is 0 Å². The molecule has 0 saturated carbocycles. The van der Waals surface area contributed by atoms with E-state index in [0.29, 0.717) is 5.92 Å². The molecule has 2 aliphatic heterocycles. The minimum atomic E-state index is -0.342. The van der Waals surface area contributed by atoms with Gasteiger partial charge in [-0.15, -0.1) is 0 Å². The molecule has 2 nitrogen and oxygen atoms in total. The summed E-state index contributed by atoms with van der Waals surface area (Å²) in [5.41, 5.74) is 7.20. The highest BCUT2D eigenvalue weighted by Gasteiger charge is 2.50. The Kier molecular flexibility index (Phi) is 4.17. The Morgan fingerprint density at radius 1 is 0.677 bits per heavy atom. The zero-order valence-electron chi connectivity index (χ0n) is 17.3. The molecular formula is C29H24N2. The molecule has 0 saturated heterocycles. The summed E-state index contributed by atoms with van der Waals surface area (Å²) in [6, 6.07) is 41.2. The maximum absolute atomic E-state index is 3.95. The fourth-order valence-corrected chi connectivity index (χ4v) is 5.16. The van der Waals surface area contributed by atoms with Crippen molar-refractivity contribution < 1.29 is 0 Å². The van der Waals surface area contributed by atoms with E-state index in [1.54, 1.807) is 0 Å². The van der Waals surface area contributed by atoms with Gasteiger partial charge in [0.1, 0.15) is 5.66 Å². The van der Waals surface area contributed by atoms with Crippen molar-refractivity contribution in [3.8, 4) is 0 Å². The summed E-state index contributed by atoms with van der Waals surface area (Å²) in [7, 11) is 0. The van der Waals surface area contributed by atoms with Gasteiger partial charge in [0.15, 0.2) is 0 Å². The molecule has 2 heteroatoms. The van der Waals surface area contributed by atoms with Crippen LogP contribution < -0.4 is 10.2 Å². The number of allylic oxidation sites excluding steroid dienone is 1. The van der Waals surface area contributed by atoms with E-state index in [4.69, 9.17) is 0 Å². The molecule has 0 spiro atoms. The first kappa shape index (κ1) is 18.0. The molecule has 2 atom stereocenters. The van der Waals surface area contributed by atoms with Crippen LogP contribution in [0.15, 0.2) is 121 Å². The standard InChI is InChI=1S/C29H24N2/c1-4-12-22(13-5-1)24-20-28(23-14-6-2-7-15-23)31-27-19-11-10-18-26(27)30-29(31,21-24)25-16-8-3-9-17-25/h1-20,24,30H,21H2/t24-,29+/m0/s1. The highest BCUT2D eigenvalue weighted by molar-refractivity contribution is 5.93. The zero-order valence-corrected chi connectivity index (χ0v) is 17.3. The van der Waals surface area contributed by atoms with Gasteiger partial charge in [-0.05, 0) is 28.8 Å². The van der Waals surface area contributed by atoms with Gasteiger partial charge in [0.2, 0.25) is 0 Å². The van der Waals surface area contributed by atoms with E-state index < -0.39 is 0 Å². The number of hydrogen-bond acceptors (Lipinski definition) is 2. The third-order valence-corrected chi connectivity index (χ3v) is 6.53. The third-order valence-electron chi connectivity index (χ3n) is 6.53. The number of rotatable bonds is 3. The first-order valence-corrected chi connectivity index (χ1v) is 10.9. The topological polar surface area (TPSA) is 15.3 Å². The van der Waals surface area contributed by atoms with Gasteiger partial charge in [0.05, 0.1) is 11.4 Å². The van der Waals surface area contributed by atoms with Crippen molar-refractivity contribution in [2.24, 2.45) is 0 Å². The number of nitrogens with one attached hydrogen (secondary N) is 1. The summed E-state index contributed by atoms with van der Waals surface area (Å²) in [5, 5.41) is 3.95.